The van der Waals surface area contributed by atoms with Crippen LogP contribution in [0.1, 0.15) is 30.9 Å². The monoisotopic (exact) mass is 554 g/mol. The van der Waals surface area contributed by atoms with Crippen LogP contribution in [0.3, 0.4) is 0 Å². The number of hydrogen-bond acceptors (Lipinski definition) is 6. The van der Waals surface area contributed by atoms with Gasteiger partial charge < -0.3 is 9.64 Å². The molecule has 0 saturated carbocycles. The summed E-state index contributed by atoms with van der Waals surface area (Å²) in [6.45, 7) is 4.05. The molecule has 12 heteroatoms. The second-order valence-corrected chi connectivity index (χ2v) is 9.75. The zero-order chi connectivity index (χ0) is 27.6. The van der Waals surface area contributed by atoms with Crippen LogP contribution in [0.15, 0.2) is 83.3 Å². The largest absolute Gasteiger partial charge is 0.573 e. The molecule has 0 N–H and O–H groups in total. The van der Waals surface area contributed by atoms with Crippen molar-refractivity contribution in [3.05, 3.63) is 90.0 Å². The molecule has 1 aliphatic heterocycles. The molecule has 0 radical (unpaired) electrons. The lowest BCUT2D eigenvalue weighted by Crippen LogP contribution is -2.39. The zero-order valence-electron chi connectivity index (χ0n) is 20.8. The average molecular weight is 555 g/mol. The fourth-order valence-corrected chi connectivity index (χ4v) is 4.59. The summed E-state index contributed by atoms with van der Waals surface area (Å²) in [5, 5.41) is 13.5. The van der Waals surface area contributed by atoms with Crippen molar-refractivity contribution in [3.63, 3.8) is 0 Å². The molecule has 2 heterocycles. The van der Waals surface area contributed by atoms with Crippen molar-refractivity contribution >= 4 is 28.8 Å². The van der Waals surface area contributed by atoms with Crippen LogP contribution < -0.4 is 9.64 Å². The second kappa shape index (κ2) is 10.9. The Balaban J connectivity index is 1.25. The van der Waals surface area contributed by atoms with Gasteiger partial charge in [0.2, 0.25) is 0 Å². The topological polar surface area (TPSA) is 67.9 Å². The highest BCUT2D eigenvalue weighted by molar-refractivity contribution is 8.16. The van der Waals surface area contributed by atoms with E-state index in [0.29, 0.717) is 28.2 Å². The molecular weight excluding hydrogens is 532 g/mol. The number of amidine groups is 1. The van der Waals surface area contributed by atoms with Crippen molar-refractivity contribution in [1.29, 1.82) is 0 Å². The first-order chi connectivity index (χ1) is 18.7. The molecule has 200 valence electrons. The molecule has 0 unspecified atom stereocenters. The fraction of sp³-hybridized carbons (Fsp3) is 0.185. The number of thioether (sulfide) groups is 1. The van der Waals surface area contributed by atoms with E-state index >= 15 is 0 Å². The maximum Gasteiger partial charge on any atom is 0.573 e. The van der Waals surface area contributed by atoms with Gasteiger partial charge in [-0.3, -0.25) is 0 Å². The molecule has 1 aliphatic rings. The standard InChI is InChI=1S/C27H22F4N6OS/c1-17(2)22-4-3-5-23(28)24(22)36-16-39-26(36)34-33-14-18-6-8-19(9-7-18)25-32-15-37(35-25)20-10-12-21(13-11-20)38-27(29,30)31/h3-15,17H,16H2,1-2H3. The van der Waals surface area contributed by atoms with Crippen LogP contribution in [0.25, 0.3) is 17.1 Å². The Morgan fingerprint density at radius 2 is 1.77 bits per heavy atom. The maximum atomic E-state index is 14.6. The number of aromatic nitrogens is 3. The Hall–Kier alpha value is -4.19. The van der Waals surface area contributed by atoms with Crippen molar-refractivity contribution in [2.45, 2.75) is 26.1 Å². The number of halogens is 4. The highest BCUT2D eigenvalue weighted by Gasteiger charge is 2.31. The van der Waals surface area contributed by atoms with Gasteiger partial charge in [0.1, 0.15) is 17.9 Å². The molecule has 1 saturated heterocycles. The highest BCUT2D eigenvalue weighted by Crippen LogP contribution is 2.37. The predicted molar refractivity (Wildman–Crippen MR) is 144 cm³/mol. The molecule has 1 aromatic heterocycles. The second-order valence-electron chi connectivity index (χ2n) is 8.84. The Kier molecular flexibility index (Phi) is 7.38. The average Bonchev–Trinajstić information content (AvgIpc) is 3.37. The zero-order valence-corrected chi connectivity index (χ0v) is 21.6. The van der Waals surface area contributed by atoms with E-state index in [1.807, 2.05) is 49.1 Å². The minimum atomic E-state index is -4.75. The van der Waals surface area contributed by atoms with E-state index in [0.717, 1.165) is 16.7 Å². The lowest BCUT2D eigenvalue weighted by atomic mass is 10.0. The number of ether oxygens (including phenoxy) is 1. The summed E-state index contributed by atoms with van der Waals surface area (Å²) < 4.78 is 57.0. The van der Waals surface area contributed by atoms with Crippen molar-refractivity contribution in [1.82, 2.24) is 14.8 Å². The molecule has 0 bridgehead atoms. The van der Waals surface area contributed by atoms with E-state index in [4.69, 9.17) is 0 Å². The van der Waals surface area contributed by atoms with Crippen LogP contribution in [0, 0.1) is 5.82 Å². The van der Waals surface area contributed by atoms with E-state index in [-0.39, 0.29) is 17.5 Å². The number of nitrogens with zero attached hydrogens (tertiary/aromatic N) is 6. The van der Waals surface area contributed by atoms with Gasteiger partial charge in [-0.15, -0.1) is 23.4 Å². The summed E-state index contributed by atoms with van der Waals surface area (Å²) in [5.41, 5.74) is 3.54. The van der Waals surface area contributed by atoms with E-state index in [1.165, 1.54) is 53.1 Å². The summed E-state index contributed by atoms with van der Waals surface area (Å²) in [7, 11) is 0. The Morgan fingerprint density at radius 3 is 2.41 bits per heavy atom. The molecule has 0 atom stereocenters. The van der Waals surface area contributed by atoms with Crippen LogP contribution in [0.4, 0.5) is 23.2 Å². The van der Waals surface area contributed by atoms with Crippen LogP contribution >= 0.6 is 11.8 Å². The Bertz CT molecular complexity index is 1510. The third-order valence-electron chi connectivity index (χ3n) is 5.81. The van der Waals surface area contributed by atoms with Crippen molar-refractivity contribution in [3.8, 4) is 22.8 Å². The van der Waals surface area contributed by atoms with Crippen LogP contribution in [0.5, 0.6) is 5.75 Å². The highest BCUT2D eigenvalue weighted by atomic mass is 32.2. The normalized spacial score (nSPS) is 14.8. The van der Waals surface area contributed by atoms with Gasteiger partial charge in [-0.25, -0.2) is 14.1 Å². The van der Waals surface area contributed by atoms with E-state index in [1.54, 1.807) is 12.3 Å². The number of hydrogen-bond donors (Lipinski definition) is 0. The van der Waals surface area contributed by atoms with Gasteiger partial charge in [0.05, 0.1) is 23.5 Å². The van der Waals surface area contributed by atoms with E-state index < -0.39 is 6.36 Å². The third-order valence-corrected chi connectivity index (χ3v) is 6.76. The van der Waals surface area contributed by atoms with Gasteiger partial charge in [0, 0.05) is 5.56 Å². The molecule has 0 amide bonds. The summed E-state index contributed by atoms with van der Waals surface area (Å²) in [6.07, 6.45) is -1.67. The maximum absolute atomic E-state index is 14.6. The smallest absolute Gasteiger partial charge is 0.406 e. The van der Waals surface area contributed by atoms with Crippen LogP contribution in [0.2, 0.25) is 0 Å². The summed E-state index contributed by atoms with van der Waals surface area (Å²) >= 11 is 1.50. The predicted octanol–water partition coefficient (Wildman–Crippen LogP) is 7.00. The first kappa shape index (κ1) is 26.4. The SMILES string of the molecule is CC(C)c1cccc(F)c1N1CSC1=NN=Cc1ccc(-c2ncn(-c3ccc(OC(F)(F)F)cc3)n2)cc1. The minimum Gasteiger partial charge on any atom is -0.406 e. The number of alkyl halides is 3. The van der Waals surface area contributed by atoms with E-state index in [2.05, 4.69) is 25.0 Å². The van der Waals surface area contributed by atoms with Gasteiger partial charge >= 0.3 is 6.36 Å². The van der Waals surface area contributed by atoms with Crippen molar-refractivity contribution in [2.75, 3.05) is 10.8 Å². The number of rotatable bonds is 7. The number of para-hydroxylation sites is 1. The number of anilines is 1. The van der Waals surface area contributed by atoms with Crippen LogP contribution in [-0.4, -0.2) is 38.4 Å². The van der Waals surface area contributed by atoms with Gasteiger partial charge in [0.25, 0.3) is 0 Å². The van der Waals surface area contributed by atoms with Gasteiger partial charge in [0.15, 0.2) is 11.0 Å². The molecule has 39 heavy (non-hydrogen) atoms. The summed E-state index contributed by atoms with van der Waals surface area (Å²) in [6, 6.07) is 17.8. The molecular formula is C27H22F4N6OS. The lowest BCUT2D eigenvalue weighted by molar-refractivity contribution is -0.274. The van der Waals surface area contributed by atoms with Crippen molar-refractivity contribution in [2.24, 2.45) is 10.2 Å². The van der Waals surface area contributed by atoms with E-state index in [9.17, 15) is 17.6 Å². The van der Waals surface area contributed by atoms with Crippen LogP contribution in [-0.2, 0) is 0 Å². The summed E-state index contributed by atoms with van der Waals surface area (Å²) in [5.74, 6) is 0.627. The third kappa shape index (κ3) is 6.11. The Morgan fingerprint density at radius 1 is 1.03 bits per heavy atom. The fourth-order valence-electron chi connectivity index (χ4n) is 3.90. The molecule has 1 fully saturated rings. The molecule has 4 aromatic rings. The Labute approximate surface area is 225 Å². The minimum absolute atomic E-state index is 0.170. The van der Waals surface area contributed by atoms with Gasteiger partial charge in [-0.2, -0.15) is 5.10 Å². The molecule has 7 nitrogen and oxygen atoms in total. The summed E-state index contributed by atoms with van der Waals surface area (Å²) in [4.78, 5) is 6.12. The first-order valence-electron chi connectivity index (χ1n) is 11.9. The quantitative estimate of drug-likeness (QED) is 0.140. The van der Waals surface area contributed by atoms with Gasteiger partial charge in [-0.05, 0) is 47.4 Å². The van der Waals surface area contributed by atoms with Crippen molar-refractivity contribution < 1.29 is 22.3 Å². The molecule has 0 spiro atoms. The lowest BCUT2D eigenvalue weighted by Gasteiger charge is -2.35. The molecule has 3 aromatic carbocycles. The first-order valence-corrected chi connectivity index (χ1v) is 12.8. The number of benzene rings is 3. The molecule has 0 aliphatic carbocycles. The molecule has 5 rings (SSSR count). The van der Waals surface area contributed by atoms with Gasteiger partial charge in [-0.1, -0.05) is 62.0 Å².